The fraction of sp³-hybridized carbons (Fsp3) is 0.118. The molecule has 5 heteroatoms. The van der Waals surface area contributed by atoms with Gasteiger partial charge in [0.2, 0.25) is 0 Å². The van der Waals surface area contributed by atoms with E-state index in [-0.39, 0.29) is 11.7 Å². The van der Waals surface area contributed by atoms with Crippen LogP contribution in [0.3, 0.4) is 0 Å². The first-order valence-corrected chi connectivity index (χ1v) is 8.63. The minimum atomic E-state index is -3.24. The van der Waals surface area contributed by atoms with E-state index in [1.54, 1.807) is 42.5 Å². The van der Waals surface area contributed by atoms with Crippen molar-refractivity contribution in [2.75, 3.05) is 10.7 Å². The van der Waals surface area contributed by atoms with E-state index >= 15 is 0 Å². The lowest BCUT2D eigenvalue weighted by molar-refractivity contribution is 0.0983. The van der Waals surface area contributed by atoms with E-state index in [4.69, 9.17) is 0 Å². The molecule has 1 amide bonds. The molecule has 0 saturated carbocycles. The molecule has 1 aliphatic rings. The van der Waals surface area contributed by atoms with Crippen molar-refractivity contribution >= 4 is 21.4 Å². The molecule has 0 N–H and O–H groups in total. The predicted octanol–water partition coefficient (Wildman–Crippen LogP) is 2.64. The fourth-order valence-electron chi connectivity index (χ4n) is 2.49. The van der Waals surface area contributed by atoms with Gasteiger partial charge in [-0.05, 0) is 30.3 Å². The van der Waals surface area contributed by atoms with E-state index in [9.17, 15) is 13.2 Å². The lowest BCUT2D eigenvalue weighted by Gasteiger charge is -2.27. The zero-order valence-electron chi connectivity index (χ0n) is 11.8. The van der Waals surface area contributed by atoms with Crippen molar-refractivity contribution in [3.8, 4) is 0 Å². The maximum Gasteiger partial charge on any atom is 0.258 e. The molecule has 0 aromatic heterocycles. The fourth-order valence-corrected chi connectivity index (χ4v) is 3.76. The van der Waals surface area contributed by atoms with E-state index < -0.39 is 15.9 Å². The van der Waals surface area contributed by atoms with Gasteiger partial charge in [-0.25, -0.2) is 8.42 Å². The molecule has 2 aromatic carbocycles. The van der Waals surface area contributed by atoms with Crippen molar-refractivity contribution in [3.63, 3.8) is 0 Å². The summed E-state index contributed by atoms with van der Waals surface area (Å²) in [6, 6.07) is 17.5. The molecule has 0 aliphatic carbocycles. The third-order valence-electron chi connectivity index (χ3n) is 3.52. The zero-order valence-corrected chi connectivity index (χ0v) is 12.6. The van der Waals surface area contributed by atoms with Gasteiger partial charge >= 0.3 is 0 Å². The molecule has 3 rings (SSSR count). The monoisotopic (exact) mass is 313 g/mol. The smallest absolute Gasteiger partial charge is 0.258 e. The molecular weight excluding hydrogens is 298 g/mol. The lowest BCUT2D eigenvalue weighted by atomic mass is 10.1. The first kappa shape index (κ1) is 14.5. The van der Waals surface area contributed by atoms with Crippen molar-refractivity contribution < 1.29 is 13.2 Å². The maximum atomic E-state index is 12.8. The summed E-state index contributed by atoms with van der Waals surface area (Å²) in [5, 5.41) is 1.19. The first-order chi connectivity index (χ1) is 10.6. The van der Waals surface area contributed by atoms with Gasteiger partial charge in [-0.2, -0.15) is 0 Å². The number of rotatable bonds is 3. The number of nitrogens with zero attached hydrogens (tertiary/aromatic N) is 1. The van der Waals surface area contributed by atoms with Gasteiger partial charge in [-0.15, -0.1) is 0 Å². The van der Waals surface area contributed by atoms with Gasteiger partial charge in [-0.1, -0.05) is 36.4 Å². The molecule has 1 atom stereocenters. The number of sulfone groups is 1. The summed E-state index contributed by atoms with van der Waals surface area (Å²) in [6.45, 7) is 0. The van der Waals surface area contributed by atoms with Crippen molar-refractivity contribution in [2.45, 2.75) is 6.04 Å². The number of carbonyl (C=O) groups is 1. The van der Waals surface area contributed by atoms with Crippen molar-refractivity contribution in [3.05, 3.63) is 77.7 Å². The first-order valence-electron chi connectivity index (χ1n) is 6.91. The molecule has 0 bridgehead atoms. The molecule has 112 valence electrons. The normalized spacial score (nSPS) is 19.0. The second-order valence-corrected chi connectivity index (χ2v) is 7.03. The summed E-state index contributed by atoms with van der Waals surface area (Å²) in [5.74, 6) is -0.293. The Morgan fingerprint density at radius 2 is 1.55 bits per heavy atom. The molecule has 1 aliphatic heterocycles. The van der Waals surface area contributed by atoms with Gasteiger partial charge in [0.05, 0.1) is 11.8 Å². The van der Waals surface area contributed by atoms with Crippen LogP contribution >= 0.6 is 0 Å². The summed E-state index contributed by atoms with van der Waals surface area (Å²) >= 11 is 0. The molecule has 1 heterocycles. The maximum absolute atomic E-state index is 12.8. The highest BCUT2D eigenvalue weighted by Gasteiger charge is 2.31. The van der Waals surface area contributed by atoms with Crippen LogP contribution in [0.1, 0.15) is 10.4 Å². The number of anilines is 1. The Morgan fingerprint density at radius 3 is 2.09 bits per heavy atom. The highest BCUT2D eigenvalue weighted by molar-refractivity contribution is 7.94. The molecular formula is C17H15NO3S. The number of benzene rings is 2. The third-order valence-corrected chi connectivity index (χ3v) is 4.89. The van der Waals surface area contributed by atoms with Gasteiger partial charge in [0.15, 0.2) is 9.84 Å². The zero-order chi connectivity index (χ0) is 15.6. The Morgan fingerprint density at radius 1 is 0.955 bits per heavy atom. The average Bonchev–Trinajstić information content (AvgIpc) is 2.89. The summed E-state index contributed by atoms with van der Waals surface area (Å²) in [4.78, 5) is 14.4. The summed E-state index contributed by atoms with van der Waals surface area (Å²) in [5.41, 5.74) is 1.21. The Bertz CT molecular complexity index is 798. The number of para-hydroxylation sites is 1. The Labute approximate surface area is 129 Å². The third kappa shape index (κ3) is 2.94. The number of amides is 1. The molecule has 2 aromatic rings. The molecule has 0 spiro atoms. The summed E-state index contributed by atoms with van der Waals surface area (Å²) in [6.07, 6.45) is 1.57. The highest BCUT2D eigenvalue weighted by Crippen LogP contribution is 2.24. The van der Waals surface area contributed by atoms with Crippen LogP contribution in [0.25, 0.3) is 0 Å². The van der Waals surface area contributed by atoms with E-state index in [0.29, 0.717) is 11.3 Å². The van der Waals surface area contributed by atoms with Crippen LogP contribution in [-0.4, -0.2) is 26.1 Å². The highest BCUT2D eigenvalue weighted by atomic mass is 32.2. The van der Waals surface area contributed by atoms with Gasteiger partial charge in [0.1, 0.15) is 0 Å². The minimum absolute atomic E-state index is 0.0829. The SMILES string of the molecule is O=C(c1ccccc1)N(c1ccccc1)[C@@H]1C=CS(=O)(=O)C1. The molecule has 0 fully saturated rings. The van der Waals surface area contributed by atoms with Crippen LogP contribution in [0.15, 0.2) is 72.1 Å². The van der Waals surface area contributed by atoms with Crippen molar-refractivity contribution in [2.24, 2.45) is 0 Å². The van der Waals surface area contributed by atoms with Gasteiger partial charge < -0.3 is 4.90 Å². The summed E-state index contributed by atoms with van der Waals surface area (Å²) in [7, 11) is -3.24. The van der Waals surface area contributed by atoms with Gasteiger partial charge in [-0.3, -0.25) is 4.79 Å². The summed E-state index contributed by atoms with van der Waals surface area (Å²) < 4.78 is 23.4. The van der Waals surface area contributed by atoms with E-state index in [0.717, 1.165) is 0 Å². The van der Waals surface area contributed by atoms with Crippen LogP contribution in [0.5, 0.6) is 0 Å². The minimum Gasteiger partial charge on any atom is -0.300 e. The number of carbonyl (C=O) groups excluding carboxylic acids is 1. The topological polar surface area (TPSA) is 54.5 Å². The number of hydrogen-bond donors (Lipinski definition) is 0. The van der Waals surface area contributed by atoms with Gasteiger partial charge in [0.25, 0.3) is 5.91 Å². The largest absolute Gasteiger partial charge is 0.300 e. The molecule has 0 unspecified atom stereocenters. The van der Waals surface area contributed by atoms with Crippen LogP contribution in [0.2, 0.25) is 0 Å². The van der Waals surface area contributed by atoms with Crippen molar-refractivity contribution in [1.82, 2.24) is 0 Å². The molecule has 4 nitrogen and oxygen atoms in total. The predicted molar refractivity (Wildman–Crippen MR) is 86.4 cm³/mol. The van der Waals surface area contributed by atoms with Gasteiger partial charge in [0, 0.05) is 16.7 Å². The lowest BCUT2D eigenvalue weighted by Crippen LogP contribution is -2.41. The quantitative estimate of drug-likeness (QED) is 0.875. The second kappa shape index (κ2) is 5.77. The van der Waals surface area contributed by atoms with Crippen LogP contribution in [0.4, 0.5) is 5.69 Å². The number of hydrogen-bond acceptors (Lipinski definition) is 3. The Balaban J connectivity index is 2.01. The Kier molecular flexibility index (Phi) is 3.81. The molecule has 0 radical (unpaired) electrons. The molecule has 22 heavy (non-hydrogen) atoms. The second-order valence-electron chi connectivity index (χ2n) is 5.10. The van der Waals surface area contributed by atoms with Crippen LogP contribution < -0.4 is 4.90 Å². The van der Waals surface area contributed by atoms with Crippen LogP contribution in [0, 0.1) is 0 Å². The van der Waals surface area contributed by atoms with E-state index in [1.807, 2.05) is 24.3 Å². The molecule has 0 saturated heterocycles. The standard InChI is InChI=1S/C17H15NO3S/c19-17(14-7-3-1-4-8-14)18(15-9-5-2-6-10-15)16-11-12-22(20,21)13-16/h1-12,16H,13H2/t16-/m1/s1. The van der Waals surface area contributed by atoms with Crippen LogP contribution in [-0.2, 0) is 9.84 Å². The van der Waals surface area contributed by atoms with Crippen molar-refractivity contribution in [1.29, 1.82) is 0 Å². The Hall–Kier alpha value is -2.40. The van der Waals surface area contributed by atoms with E-state index in [2.05, 4.69) is 0 Å². The average molecular weight is 313 g/mol. The van der Waals surface area contributed by atoms with E-state index in [1.165, 1.54) is 10.3 Å².